The van der Waals surface area contributed by atoms with E-state index in [-0.39, 0.29) is 18.1 Å². The van der Waals surface area contributed by atoms with Crippen LogP contribution in [0.5, 0.6) is 0 Å². The van der Waals surface area contributed by atoms with Gasteiger partial charge in [-0.2, -0.15) is 0 Å². The Morgan fingerprint density at radius 2 is 2.12 bits per heavy atom. The lowest BCUT2D eigenvalue weighted by molar-refractivity contribution is -0.0125. The second-order valence-corrected chi connectivity index (χ2v) is 7.54. The van der Waals surface area contributed by atoms with E-state index in [9.17, 15) is 4.79 Å². The Labute approximate surface area is 143 Å². The maximum Gasteiger partial charge on any atom is 0.273 e. The summed E-state index contributed by atoms with van der Waals surface area (Å²) in [6.45, 7) is 1.37. The Balaban J connectivity index is 1.26. The minimum Gasteiger partial charge on any atom is -0.422 e. The van der Waals surface area contributed by atoms with Gasteiger partial charge in [0.25, 0.3) is 5.91 Å². The van der Waals surface area contributed by atoms with Gasteiger partial charge in [-0.1, -0.05) is 0 Å². The number of nitrogens with zero attached hydrogens (tertiary/aromatic N) is 4. The van der Waals surface area contributed by atoms with Crippen LogP contribution in [0.1, 0.15) is 60.0 Å². The number of aromatic nitrogens is 3. The number of thiazole rings is 1. The number of rotatable bonds is 3. The molecule has 2 aliphatic heterocycles. The lowest BCUT2D eigenvalue weighted by atomic mass is 9.91. The van der Waals surface area contributed by atoms with E-state index in [1.807, 2.05) is 4.90 Å². The maximum absolute atomic E-state index is 12.5. The first kappa shape index (κ1) is 14.5. The van der Waals surface area contributed by atoms with E-state index in [0.29, 0.717) is 30.0 Å². The molecule has 2 aromatic rings. The predicted octanol–water partition coefficient (Wildman–Crippen LogP) is 2.40. The van der Waals surface area contributed by atoms with Gasteiger partial charge in [0.2, 0.25) is 11.8 Å². The van der Waals surface area contributed by atoms with Crippen LogP contribution in [0.25, 0.3) is 0 Å². The lowest BCUT2D eigenvalue weighted by Crippen LogP contribution is -2.45. The van der Waals surface area contributed by atoms with E-state index >= 15 is 0 Å². The van der Waals surface area contributed by atoms with E-state index in [1.54, 1.807) is 10.9 Å². The van der Waals surface area contributed by atoms with E-state index in [4.69, 9.17) is 9.15 Å². The summed E-state index contributed by atoms with van der Waals surface area (Å²) in [5.74, 6) is 2.26. The summed E-state index contributed by atoms with van der Waals surface area (Å²) >= 11 is 1.44. The number of piperidine rings is 1. The van der Waals surface area contributed by atoms with Crippen LogP contribution in [0.4, 0.5) is 0 Å². The standard InChI is InChI=1S/C16H18N4O3S/c21-16(11-7-24-8-17-11)20-4-3-10-5-12(22-13(10)6-20)15-19-18-14(23-15)9-1-2-9/h7-10,12-13H,1-6H2/t10-,12+,13+/m1/s1. The average molecular weight is 346 g/mol. The second-order valence-electron chi connectivity index (χ2n) is 6.83. The molecule has 0 radical (unpaired) electrons. The monoisotopic (exact) mass is 346 g/mol. The van der Waals surface area contributed by atoms with Gasteiger partial charge in [-0.15, -0.1) is 21.5 Å². The van der Waals surface area contributed by atoms with Gasteiger partial charge >= 0.3 is 0 Å². The van der Waals surface area contributed by atoms with Gasteiger partial charge in [0, 0.05) is 24.4 Å². The molecule has 5 rings (SSSR count). The molecule has 3 aliphatic rings. The predicted molar refractivity (Wildman–Crippen MR) is 84.6 cm³/mol. The zero-order chi connectivity index (χ0) is 16.1. The molecule has 2 aromatic heterocycles. The van der Waals surface area contributed by atoms with Crippen molar-refractivity contribution < 1.29 is 13.9 Å². The number of hydrogen-bond acceptors (Lipinski definition) is 7. The number of carbonyl (C=O) groups excluding carboxylic acids is 1. The fourth-order valence-corrected chi connectivity index (χ4v) is 4.15. The molecule has 2 saturated heterocycles. The van der Waals surface area contributed by atoms with Crippen molar-refractivity contribution in [3.63, 3.8) is 0 Å². The summed E-state index contributed by atoms with van der Waals surface area (Å²) in [5, 5.41) is 10.1. The van der Waals surface area contributed by atoms with Crippen LogP contribution in [-0.2, 0) is 4.74 Å². The van der Waals surface area contributed by atoms with E-state index < -0.39 is 0 Å². The van der Waals surface area contributed by atoms with Crippen molar-refractivity contribution in [1.82, 2.24) is 20.1 Å². The third kappa shape index (κ3) is 2.53. The number of hydrogen-bond donors (Lipinski definition) is 0. The maximum atomic E-state index is 12.5. The summed E-state index contributed by atoms with van der Waals surface area (Å²) in [7, 11) is 0. The zero-order valence-corrected chi connectivity index (χ0v) is 13.9. The second kappa shape index (κ2) is 5.63. The molecule has 4 heterocycles. The zero-order valence-electron chi connectivity index (χ0n) is 13.1. The normalized spacial score (nSPS) is 29.7. The molecular weight excluding hydrogens is 328 g/mol. The molecule has 0 unspecified atom stereocenters. The van der Waals surface area contributed by atoms with E-state index in [0.717, 1.165) is 38.1 Å². The minimum atomic E-state index is -0.130. The molecule has 1 aliphatic carbocycles. The summed E-state index contributed by atoms with van der Waals surface area (Å²) in [6.07, 6.45) is 4.05. The van der Waals surface area contributed by atoms with Crippen LogP contribution in [0, 0.1) is 5.92 Å². The Bertz CT molecular complexity index is 742. The number of amides is 1. The molecule has 0 bridgehead atoms. The Morgan fingerprint density at radius 1 is 1.25 bits per heavy atom. The van der Waals surface area contributed by atoms with Crippen molar-refractivity contribution in [3.8, 4) is 0 Å². The highest BCUT2D eigenvalue weighted by atomic mass is 32.1. The first-order chi connectivity index (χ1) is 11.8. The Morgan fingerprint density at radius 3 is 2.92 bits per heavy atom. The molecule has 3 fully saturated rings. The van der Waals surface area contributed by atoms with Crippen LogP contribution in [0.3, 0.4) is 0 Å². The molecule has 0 aromatic carbocycles. The topological polar surface area (TPSA) is 81.4 Å². The van der Waals surface area contributed by atoms with E-state index in [2.05, 4.69) is 15.2 Å². The summed E-state index contributed by atoms with van der Waals surface area (Å²) in [5.41, 5.74) is 2.22. The quantitative estimate of drug-likeness (QED) is 0.849. The highest BCUT2D eigenvalue weighted by Gasteiger charge is 2.43. The van der Waals surface area contributed by atoms with Gasteiger partial charge in [-0.05, 0) is 31.6 Å². The van der Waals surface area contributed by atoms with Crippen molar-refractivity contribution in [2.75, 3.05) is 13.1 Å². The third-order valence-corrected chi connectivity index (χ3v) is 5.74. The van der Waals surface area contributed by atoms with Crippen molar-refractivity contribution in [1.29, 1.82) is 0 Å². The summed E-state index contributed by atoms with van der Waals surface area (Å²) in [4.78, 5) is 18.4. The molecule has 7 nitrogen and oxygen atoms in total. The Hall–Kier alpha value is -1.80. The van der Waals surface area contributed by atoms with Gasteiger partial charge in [0.1, 0.15) is 11.8 Å². The average Bonchev–Trinajstić information content (AvgIpc) is 3.06. The first-order valence-corrected chi connectivity index (χ1v) is 9.38. The van der Waals surface area contributed by atoms with Crippen LogP contribution in [-0.4, -0.2) is 45.2 Å². The molecule has 0 spiro atoms. The van der Waals surface area contributed by atoms with Crippen LogP contribution < -0.4 is 0 Å². The lowest BCUT2D eigenvalue weighted by Gasteiger charge is -2.33. The fraction of sp³-hybridized carbons (Fsp3) is 0.625. The first-order valence-electron chi connectivity index (χ1n) is 8.44. The van der Waals surface area contributed by atoms with Crippen LogP contribution in [0.15, 0.2) is 15.3 Å². The summed E-state index contributed by atoms with van der Waals surface area (Å²) in [6, 6.07) is 0. The summed E-state index contributed by atoms with van der Waals surface area (Å²) < 4.78 is 11.9. The van der Waals surface area contributed by atoms with Gasteiger partial charge in [-0.3, -0.25) is 4.79 Å². The van der Waals surface area contributed by atoms with Gasteiger partial charge < -0.3 is 14.1 Å². The Kier molecular flexibility index (Phi) is 3.41. The molecule has 0 N–H and O–H groups in total. The SMILES string of the molecule is O=C(c1cscn1)N1CC[C@@H]2C[C@@H](c3nnc(C4CC4)o3)O[C@H]2C1. The van der Waals surface area contributed by atoms with E-state index in [1.165, 1.54) is 11.3 Å². The van der Waals surface area contributed by atoms with Crippen LogP contribution >= 0.6 is 11.3 Å². The molecule has 126 valence electrons. The molecule has 24 heavy (non-hydrogen) atoms. The number of fused-ring (bicyclic) bond motifs is 1. The van der Waals surface area contributed by atoms with Crippen LogP contribution in [0.2, 0.25) is 0 Å². The molecule has 1 saturated carbocycles. The molecular formula is C16H18N4O3S. The molecule has 3 atom stereocenters. The molecule has 1 amide bonds. The van der Waals surface area contributed by atoms with Crippen molar-refractivity contribution in [3.05, 3.63) is 28.4 Å². The van der Waals surface area contributed by atoms with Gasteiger partial charge in [0.05, 0.1) is 11.6 Å². The highest BCUT2D eigenvalue weighted by molar-refractivity contribution is 7.07. The number of carbonyl (C=O) groups is 1. The fourth-order valence-electron chi connectivity index (χ4n) is 3.63. The highest BCUT2D eigenvalue weighted by Crippen LogP contribution is 2.43. The van der Waals surface area contributed by atoms with Crippen molar-refractivity contribution in [2.24, 2.45) is 5.92 Å². The third-order valence-electron chi connectivity index (χ3n) is 5.15. The largest absolute Gasteiger partial charge is 0.422 e. The minimum absolute atomic E-state index is 0.00411. The number of ether oxygens (including phenoxy) is 1. The van der Waals surface area contributed by atoms with Crippen molar-refractivity contribution >= 4 is 17.2 Å². The molecule has 8 heteroatoms. The number of likely N-dealkylation sites (tertiary alicyclic amines) is 1. The van der Waals surface area contributed by atoms with Gasteiger partial charge in [0.15, 0.2) is 0 Å². The smallest absolute Gasteiger partial charge is 0.273 e. The van der Waals surface area contributed by atoms with Gasteiger partial charge in [-0.25, -0.2) is 4.98 Å². The van der Waals surface area contributed by atoms with Crippen molar-refractivity contribution in [2.45, 2.75) is 43.8 Å².